The number of fused-ring (bicyclic) bond motifs is 4. The van der Waals surface area contributed by atoms with E-state index in [0.29, 0.717) is 16.6 Å². The molecule has 0 saturated carbocycles. The molecule has 3 aromatic carbocycles. The summed E-state index contributed by atoms with van der Waals surface area (Å²) in [6.07, 6.45) is 0. The molecule has 0 radical (unpaired) electrons. The summed E-state index contributed by atoms with van der Waals surface area (Å²) in [6, 6.07) is 14.5. The monoisotopic (exact) mass is 422 g/mol. The Kier molecular flexibility index (Phi) is 3.76. The average Bonchev–Trinajstić information content (AvgIpc) is 3.03. The van der Waals surface area contributed by atoms with Crippen LogP contribution in [-0.2, 0) is 17.2 Å². The van der Waals surface area contributed by atoms with Gasteiger partial charge in [-0.25, -0.2) is 9.78 Å². The smallest absolute Gasteiger partial charge is 0.347 e. The Morgan fingerprint density at radius 2 is 1.73 bits per heavy atom. The minimum Gasteiger partial charge on any atom is -0.506 e. The molecule has 0 aliphatic rings. The number of rotatable bonds is 2. The van der Waals surface area contributed by atoms with Crippen LogP contribution in [0.3, 0.4) is 0 Å². The van der Waals surface area contributed by atoms with Crippen LogP contribution < -0.4 is 5.63 Å². The third-order valence-corrected chi connectivity index (χ3v) is 6.04. The lowest BCUT2D eigenvalue weighted by Gasteiger charge is -2.09. The molecule has 0 atom stereocenters. The predicted octanol–water partition coefficient (Wildman–Crippen LogP) is 3.45. The van der Waals surface area contributed by atoms with E-state index in [2.05, 4.69) is 4.98 Å². The third kappa shape index (κ3) is 2.60. The fourth-order valence-corrected chi connectivity index (χ4v) is 4.31. The summed E-state index contributed by atoms with van der Waals surface area (Å²) in [5.41, 5.74) is 1.50. The highest BCUT2D eigenvalue weighted by Gasteiger charge is 2.20. The van der Waals surface area contributed by atoms with Gasteiger partial charge in [0, 0.05) is 17.8 Å². The molecular weight excluding hydrogens is 408 g/mol. The van der Waals surface area contributed by atoms with Crippen molar-refractivity contribution in [3.8, 4) is 17.1 Å². The molecule has 0 saturated heterocycles. The first-order valence-corrected chi connectivity index (χ1v) is 10.3. The van der Waals surface area contributed by atoms with Gasteiger partial charge in [-0.3, -0.25) is 4.55 Å². The number of benzene rings is 3. The molecule has 2 aromatic heterocycles. The highest BCUT2D eigenvalue weighted by Crippen LogP contribution is 2.36. The zero-order valence-electron chi connectivity index (χ0n) is 15.5. The second kappa shape index (κ2) is 6.15. The van der Waals surface area contributed by atoms with Gasteiger partial charge in [-0.15, -0.1) is 0 Å². The van der Waals surface area contributed by atoms with Crippen molar-refractivity contribution < 1.29 is 22.5 Å². The summed E-state index contributed by atoms with van der Waals surface area (Å²) in [4.78, 5) is 16.6. The fourth-order valence-electron chi connectivity index (χ4n) is 3.72. The van der Waals surface area contributed by atoms with E-state index in [9.17, 15) is 22.9 Å². The summed E-state index contributed by atoms with van der Waals surface area (Å²) < 4.78 is 39.6. The van der Waals surface area contributed by atoms with E-state index in [1.54, 1.807) is 17.7 Å². The Bertz CT molecular complexity index is 1660. The number of nitrogens with zero attached hydrogens (tertiary/aromatic N) is 2. The molecule has 9 heteroatoms. The van der Waals surface area contributed by atoms with E-state index in [4.69, 9.17) is 4.42 Å². The zero-order valence-corrected chi connectivity index (χ0v) is 16.3. The number of phenols is 1. The third-order valence-electron chi connectivity index (χ3n) is 5.15. The predicted molar refractivity (Wildman–Crippen MR) is 111 cm³/mol. The number of aryl methyl sites for hydroxylation is 1. The van der Waals surface area contributed by atoms with Crippen molar-refractivity contribution >= 4 is 42.9 Å². The quantitative estimate of drug-likeness (QED) is 0.254. The van der Waals surface area contributed by atoms with Gasteiger partial charge in [-0.2, -0.15) is 8.42 Å². The normalized spacial score (nSPS) is 12.2. The first-order chi connectivity index (χ1) is 14.3. The molecule has 30 heavy (non-hydrogen) atoms. The molecule has 0 fully saturated rings. The van der Waals surface area contributed by atoms with E-state index < -0.39 is 26.4 Å². The maximum Gasteiger partial charge on any atom is 0.347 e. The lowest BCUT2D eigenvalue weighted by molar-refractivity contribution is 0.448. The van der Waals surface area contributed by atoms with Crippen LogP contribution in [-0.4, -0.2) is 27.6 Å². The van der Waals surface area contributed by atoms with Gasteiger partial charge >= 0.3 is 5.63 Å². The number of para-hydroxylation sites is 2. The largest absolute Gasteiger partial charge is 0.506 e. The zero-order chi connectivity index (χ0) is 21.2. The van der Waals surface area contributed by atoms with Crippen LogP contribution in [0.15, 0.2) is 68.7 Å². The van der Waals surface area contributed by atoms with Gasteiger partial charge in [0.2, 0.25) is 0 Å². The number of hydrogen-bond donors (Lipinski definition) is 2. The Morgan fingerprint density at radius 3 is 2.47 bits per heavy atom. The average molecular weight is 422 g/mol. The van der Waals surface area contributed by atoms with E-state index >= 15 is 0 Å². The van der Waals surface area contributed by atoms with Gasteiger partial charge in [0.1, 0.15) is 27.6 Å². The SMILES string of the molecule is Cn1c(-c2cc3c(ccc4c(O)c(S(=O)(=O)O)ccc43)oc2=O)nc2ccccc21. The van der Waals surface area contributed by atoms with Crippen molar-refractivity contribution in [3.05, 3.63) is 65.0 Å². The molecule has 0 amide bonds. The van der Waals surface area contributed by atoms with Crippen LogP contribution in [0.5, 0.6) is 5.75 Å². The fraction of sp³-hybridized carbons (Fsp3) is 0.0476. The summed E-state index contributed by atoms with van der Waals surface area (Å²) in [7, 11) is -2.80. The summed E-state index contributed by atoms with van der Waals surface area (Å²) in [5, 5.41) is 11.5. The van der Waals surface area contributed by atoms with E-state index in [1.807, 2.05) is 24.3 Å². The lowest BCUT2D eigenvalue weighted by atomic mass is 10.0. The highest BCUT2D eigenvalue weighted by atomic mass is 32.2. The Labute approximate surface area is 169 Å². The minimum atomic E-state index is -4.59. The van der Waals surface area contributed by atoms with Crippen LogP contribution in [0.1, 0.15) is 0 Å². The molecular formula is C21H14N2O6S. The number of aromatic nitrogens is 2. The standard InChI is InChI=1S/C21H14N2O6S/c1-23-16-5-3-2-4-15(16)22-20(23)14-10-13-11-7-9-18(30(26,27)28)19(24)12(11)6-8-17(13)29-21(14)25/h2-10,24H,1H3,(H,26,27,28). The van der Waals surface area contributed by atoms with Crippen LogP contribution >= 0.6 is 0 Å². The van der Waals surface area contributed by atoms with Gasteiger partial charge in [-0.1, -0.05) is 18.2 Å². The van der Waals surface area contributed by atoms with Crippen molar-refractivity contribution in [1.29, 1.82) is 0 Å². The maximum absolute atomic E-state index is 12.7. The first kappa shape index (κ1) is 18.3. The van der Waals surface area contributed by atoms with Crippen molar-refractivity contribution in [2.75, 3.05) is 0 Å². The van der Waals surface area contributed by atoms with Crippen molar-refractivity contribution in [2.45, 2.75) is 4.90 Å². The van der Waals surface area contributed by atoms with E-state index in [-0.39, 0.29) is 16.5 Å². The Balaban J connectivity index is 1.85. The second-order valence-corrected chi connectivity index (χ2v) is 8.28. The minimum absolute atomic E-state index is 0.197. The molecule has 0 aliphatic heterocycles. The molecule has 0 unspecified atom stereocenters. The molecule has 2 N–H and O–H groups in total. The molecule has 2 heterocycles. The van der Waals surface area contributed by atoms with E-state index in [1.165, 1.54) is 18.2 Å². The van der Waals surface area contributed by atoms with Gasteiger partial charge in [0.15, 0.2) is 0 Å². The molecule has 0 aliphatic carbocycles. The molecule has 5 rings (SSSR count). The molecule has 0 spiro atoms. The molecule has 8 nitrogen and oxygen atoms in total. The molecule has 0 bridgehead atoms. The lowest BCUT2D eigenvalue weighted by Crippen LogP contribution is -2.06. The van der Waals surface area contributed by atoms with Crippen LogP contribution in [0.2, 0.25) is 0 Å². The molecule has 5 aromatic rings. The van der Waals surface area contributed by atoms with Crippen molar-refractivity contribution in [3.63, 3.8) is 0 Å². The summed E-state index contributed by atoms with van der Waals surface area (Å²) in [5.74, 6) is -0.157. The second-order valence-electron chi connectivity index (χ2n) is 6.89. The number of hydrogen-bond acceptors (Lipinski definition) is 6. The topological polar surface area (TPSA) is 123 Å². The maximum atomic E-state index is 12.7. The first-order valence-electron chi connectivity index (χ1n) is 8.87. The summed E-state index contributed by atoms with van der Waals surface area (Å²) in [6.45, 7) is 0. The number of phenolic OH excluding ortho intramolecular Hbond substituents is 1. The Morgan fingerprint density at radius 1 is 1.00 bits per heavy atom. The van der Waals surface area contributed by atoms with Gasteiger partial charge < -0.3 is 14.1 Å². The highest BCUT2D eigenvalue weighted by molar-refractivity contribution is 7.86. The summed E-state index contributed by atoms with van der Waals surface area (Å²) >= 11 is 0. The van der Waals surface area contributed by atoms with Gasteiger partial charge in [-0.05, 0) is 41.8 Å². The van der Waals surface area contributed by atoms with Crippen molar-refractivity contribution in [2.24, 2.45) is 7.05 Å². The van der Waals surface area contributed by atoms with Gasteiger partial charge in [0.25, 0.3) is 10.1 Å². The van der Waals surface area contributed by atoms with Crippen LogP contribution in [0.4, 0.5) is 0 Å². The van der Waals surface area contributed by atoms with Crippen molar-refractivity contribution in [1.82, 2.24) is 9.55 Å². The Hall–Kier alpha value is -3.69. The van der Waals surface area contributed by atoms with Crippen LogP contribution in [0, 0.1) is 0 Å². The number of aromatic hydroxyl groups is 1. The molecule has 150 valence electrons. The van der Waals surface area contributed by atoms with Crippen LogP contribution in [0.25, 0.3) is 44.2 Å². The van der Waals surface area contributed by atoms with Gasteiger partial charge in [0.05, 0.1) is 11.0 Å². The van der Waals surface area contributed by atoms with E-state index in [0.717, 1.165) is 17.1 Å². The number of imidazole rings is 1.